The van der Waals surface area contributed by atoms with E-state index in [1.807, 2.05) is 6.08 Å². The standard InChI is InChI=1S/C28H36N4O8/c1-5-8-9-10-15-30(4)24(33)23-16-22(40-25(34)19-11-13-21(14-12-19)32(37)38)18-31(23)27(36)29-28(17-20(28)6-2)26(35)39-7-3/h5-6,11-14,20,22-23H,1-2,7-10,15-18H2,3-4H3,(H,29,36)/t20?,22-,23+,28?/m1/s1. The summed E-state index contributed by atoms with van der Waals surface area (Å²) in [6.07, 6.45) is 5.38. The quantitative estimate of drug-likeness (QED) is 0.128. The van der Waals surface area contributed by atoms with Crippen molar-refractivity contribution >= 4 is 29.6 Å². The van der Waals surface area contributed by atoms with Crippen LogP contribution in [0.15, 0.2) is 49.6 Å². The second kappa shape index (κ2) is 13.2. The molecule has 1 heterocycles. The number of likely N-dealkylation sites (tertiary alicyclic amines) is 1. The van der Waals surface area contributed by atoms with Crippen molar-refractivity contribution in [3.63, 3.8) is 0 Å². The minimum absolute atomic E-state index is 0.0548. The number of unbranched alkanes of at least 4 members (excludes halogenated alkanes) is 2. The lowest BCUT2D eigenvalue weighted by atomic mass is 10.1. The molecule has 1 saturated heterocycles. The number of nitrogens with one attached hydrogen (secondary N) is 1. The van der Waals surface area contributed by atoms with Gasteiger partial charge in [-0.1, -0.05) is 12.2 Å². The Bertz CT molecular complexity index is 1150. The normalized spacial score (nSPS) is 23.1. The number of non-ortho nitro benzene ring substituents is 1. The molecule has 40 heavy (non-hydrogen) atoms. The van der Waals surface area contributed by atoms with Crippen LogP contribution in [0.5, 0.6) is 0 Å². The molecule has 0 radical (unpaired) electrons. The summed E-state index contributed by atoms with van der Waals surface area (Å²) >= 11 is 0. The number of allylic oxidation sites excluding steroid dienone is 1. The molecule has 0 aromatic heterocycles. The lowest BCUT2D eigenvalue weighted by Gasteiger charge is -2.29. The summed E-state index contributed by atoms with van der Waals surface area (Å²) < 4.78 is 10.8. The number of carbonyl (C=O) groups excluding carboxylic acids is 4. The first-order valence-corrected chi connectivity index (χ1v) is 13.3. The zero-order valence-corrected chi connectivity index (χ0v) is 22.9. The number of ether oxygens (including phenoxy) is 2. The lowest BCUT2D eigenvalue weighted by molar-refractivity contribution is -0.384. The third kappa shape index (κ3) is 6.85. The van der Waals surface area contributed by atoms with Crippen molar-refractivity contribution in [3.8, 4) is 0 Å². The maximum Gasteiger partial charge on any atom is 0.338 e. The minimum atomic E-state index is -1.26. The van der Waals surface area contributed by atoms with E-state index < -0.39 is 40.6 Å². The van der Waals surface area contributed by atoms with E-state index in [0.717, 1.165) is 19.3 Å². The van der Waals surface area contributed by atoms with Crippen LogP contribution in [0.4, 0.5) is 10.5 Å². The molecule has 2 fully saturated rings. The van der Waals surface area contributed by atoms with Crippen molar-refractivity contribution in [2.24, 2.45) is 5.92 Å². The van der Waals surface area contributed by atoms with Crippen molar-refractivity contribution in [1.82, 2.24) is 15.1 Å². The first kappa shape index (κ1) is 30.3. The highest BCUT2D eigenvalue weighted by Crippen LogP contribution is 2.45. The number of urea groups is 1. The predicted octanol–water partition coefficient (Wildman–Crippen LogP) is 3.23. The molecule has 1 aliphatic heterocycles. The number of rotatable bonds is 13. The van der Waals surface area contributed by atoms with E-state index >= 15 is 0 Å². The Balaban J connectivity index is 1.76. The lowest BCUT2D eigenvalue weighted by Crippen LogP contribution is -2.55. The summed E-state index contributed by atoms with van der Waals surface area (Å²) in [4.78, 5) is 65.5. The van der Waals surface area contributed by atoms with E-state index in [4.69, 9.17) is 9.47 Å². The first-order valence-electron chi connectivity index (χ1n) is 13.3. The number of nitro groups is 1. The first-order chi connectivity index (χ1) is 19.1. The molecule has 3 rings (SSSR count). The van der Waals surface area contributed by atoms with Crippen LogP contribution in [-0.2, 0) is 19.1 Å². The Labute approximate surface area is 233 Å². The van der Waals surface area contributed by atoms with E-state index in [2.05, 4.69) is 18.5 Å². The van der Waals surface area contributed by atoms with Crippen molar-refractivity contribution in [2.75, 3.05) is 26.7 Å². The SMILES string of the molecule is C=CCCCCN(C)C(=O)[C@@H]1C[C@@H](OC(=O)c2ccc([N+](=O)[O-])cc2)CN1C(=O)NC1(C(=O)OCC)CC1C=C. The summed E-state index contributed by atoms with van der Waals surface area (Å²) in [6.45, 7) is 9.63. The van der Waals surface area contributed by atoms with Gasteiger partial charge in [-0.15, -0.1) is 13.2 Å². The van der Waals surface area contributed by atoms with Gasteiger partial charge >= 0.3 is 18.0 Å². The van der Waals surface area contributed by atoms with Crippen LogP contribution in [0.25, 0.3) is 0 Å². The van der Waals surface area contributed by atoms with Gasteiger partial charge in [-0.2, -0.15) is 0 Å². The summed E-state index contributed by atoms with van der Waals surface area (Å²) in [7, 11) is 1.65. The summed E-state index contributed by atoms with van der Waals surface area (Å²) in [5.74, 6) is -1.93. The van der Waals surface area contributed by atoms with E-state index in [-0.39, 0.29) is 42.6 Å². The Kier molecular flexibility index (Phi) is 10.0. The molecular weight excluding hydrogens is 520 g/mol. The van der Waals surface area contributed by atoms with Gasteiger partial charge in [-0.25, -0.2) is 14.4 Å². The van der Waals surface area contributed by atoms with Crippen molar-refractivity contribution in [2.45, 2.75) is 56.7 Å². The smallest absolute Gasteiger partial charge is 0.338 e. The largest absolute Gasteiger partial charge is 0.464 e. The molecule has 0 spiro atoms. The number of esters is 2. The number of nitro benzene ring substituents is 1. The van der Waals surface area contributed by atoms with Crippen molar-refractivity contribution < 1.29 is 33.6 Å². The van der Waals surface area contributed by atoms with E-state index in [1.54, 1.807) is 24.9 Å². The third-order valence-electron chi connectivity index (χ3n) is 7.19. The van der Waals surface area contributed by atoms with Crippen LogP contribution < -0.4 is 5.32 Å². The minimum Gasteiger partial charge on any atom is -0.464 e. The summed E-state index contributed by atoms with van der Waals surface area (Å²) in [6, 6.07) is 3.37. The fourth-order valence-corrected chi connectivity index (χ4v) is 4.81. The van der Waals surface area contributed by atoms with Crippen LogP contribution >= 0.6 is 0 Å². The Hall–Kier alpha value is -4.22. The highest BCUT2D eigenvalue weighted by atomic mass is 16.6. The second-order valence-electron chi connectivity index (χ2n) is 9.95. The topological polar surface area (TPSA) is 148 Å². The number of hydrogen-bond acceptors (Lipinski definition) is 8. The second-order valence-corrected chi connectivity index (χ2v) is 9.95. The predicted molar refractivity (Wildman–Crippen MR) is 145 cm³/mol. The molecule has 2 unspecified atom stereocenters. The van der Waals surface area contributed by atoms with Gasteiger partial charge in [0.1, 0.15) is 17.7 Å². The number of carbonyl (C=O) groups is 4. The van der Waals surface area contributed by atoms with Crippen LogP contribution in [0.3, 0.4) is 0 Å². The van der Waals surface area contributed by atoms with Crippen LogP contribution in [0.1, 0.15) is 49.4 Å². The van der Waals surface area contributed by atoms with Gasteiger partial charge in [0.2, 0.25) is 5.91 Å². The molecular formula is C28H36N4O8. The Morgan fingerprint density at radius 2 is 1.93 bits per heavy atom. The maximum atomic E-state index is 13.5. The number of nitrogens with zero attached hydrogens (tertiary/aromatic N) is 3. The molecule has 0 bridgehead atoms. The molecule has 1 N–H and O–H groups in total. The van der Waals surface area contributed by atoms with Gasteiger partial charge in [-0.3, -0.25) is 14.9 Å². The Morgan fingerprint density at radius 3 is 2.50 bits per heavy atom. The molecule has 216 valence electrons. The van der Waals surface area contributed by atoms with E-state index in [1.165, 1.54) is 29.2 Å². The molecule has 1 aliphatic carbocycles. The molecule has 4 atom stereocenters. The molecule has 1 aromatic rings. The van der Waals surface area contributed by atoms with Gasteiger partial charge in [-0.05, 0) is 44.7 Å². The molecule has 3 amide bonds. The van der Waals surface area contributed by atoms with Crippen LogP contribution in [0.2, 0.25) is 0 Å². The van der Waals surface area contributed by atoms with Gasteiger partial charge in [0.15, 0.2) is 0 Å². The molecule has 12 nitrogen and oxygen atoms in total. The molecule has 12 heteroatoms. The zero-order valence-electron chi connectivity index (χ0n) is 22.9. The number of likely N-dealkylation sites (N-methyl/N-ethyl adjacent to an activating group) is 1. The van der Waals surface area contributed by atoms with Crippen LogP contribution in [0, 0.1) is 16.0 Å². The van der Waals surface area contributed by atoms with Crippen molar-refractivity contribution in [3.05, 3.63) is 65.3 Å². The monoisotopic (exact) mass is 556 g/mol. The number of benzene rings is 1. The van der Waals surface area contributed by atoms with Gasteiger partial charge < -0.3 is 24.6 Å². The van der Waals surface area contributed by atoms with Crippen molar-refractivity contribution in [1.29, 1.82) is 0 Å². The summed E-state index contributed by atoms with van der Waals surface area (Å²) in [5, 5.41) is 13.7. The Morgan fingerprint density at radius 1 is 1.23 bits per heavy atom. The fraction of sp³-hybridized carbons (Fsp3) is 0.500. The van der Waals surface area contributed by atoms with E-state index in [9.17, 15) is 29.3 Å². The third-order valence-corrected chi connectivity index (χ3v) is 7.19. The average molecular weight is 557 g/mol. The van der Waals surface area contributed by atoms with E-state index in [0.29, 0.717) is 13.0 Å². The van der Waals surface area contributed by atoms with Gasteiger partial charge in [0.25, 0.3) is 5.69 Å². The highest BCUT2D eigenvalue weighted by molar-refractivity contribution is 5.94. The van der Waals surface area contributed by atoms with Gasteiger partial charge in [0, 0.05) is 38.1 Å². The number of amides is 3. The zero-order chi connectivity index (χ0) is 29.4. The summed E-state index contributed by atoms with van der Waals surface area (Å²) in [5.41, 5.74) is -1.33. The fourth-order valence-electron chi connectivity index (χ4n) is 4.81. The van der Waals surface area contributed by atoms with Crippen LogP contribution in [-0.4, -0.2) is 83.0 Å². The number of hydrogen-bond donors (Lipinski definition) is 1. The molecule has 2 aliphatic rings. The average Bonchev–Trinajstić information content (AvgIpc) is 3.50. The van der Waals surface area contributed by atoms with Gasteiger partial charge in [0.05, 0.1) is 23.6 Å². The molecule has 1 aromatic carbocycles. The maximum absolute atomic E-state index is 13.5. The highest BCUT2D eigenvalue weighted by Gasteiger charge is 2.62. The molecule has 1 saturated carbocycles.